The van der Waals surface area contributed by atoms with Crippen molar-refractivity contribution in [1.82, 2.24) is 8.87 Å². The van der Waals surface area contributed by atoms with Crippen LogP contribution < -0.4 is 5.56 Å². The van der Waals surface area contributed by atoms with Gasteiger partial charge < -0.3 is 4.74 Å². The number of rotatable bonds is 6. The molecule has 2 heterocycles. The number of ether oxygens (including phenoxy) is 1. The van der Waals surface area contributed by atoms with E-state index in [1.54, 1.807) is 19.1 Å². The SMILES string of the molecule is CCCN1CC(C(=O)OC)n2c(c(-c3cccc(C(F)(F)F)c3)c(Cc3cccc4ccccc34)c(Cl)c2=O)S1(=O)=O. The number of hydrogen-bond acceptors (Lipinski definition) is 5. The summed E-state index contributed by atoms with van der Waals surface area (Å²) < 4.78 is 76.6. The summed E-state index contributed by atoms with van der Waals surface area (Å²) in [6, 6.07) is 15.6. The normalized spacial score (nSPS) is 16.8. The number of carbonyl (C=O) groups excluding carboxylic acids is 1. The summed E-state index contributed by atoms with van der Waals surface area (Å²) in [6.07, 6.45) is -4.42. The number of benzene rings is 3. The monoisotopic (exact) mass is 618 g/mol. The number of fused-ring (bicyclic) bond motifs is 2. The summed E-state index contributed by atoms with van der Waals surface area (Å²) in [5.74, 6) is -0.887. The van der Waals surface area contributed by atoms with Crippen LogP contribution in [0.25, 0.3) is 21.9 Å². The first-order chi connectivity index (χ1) is 19.9. The first-order valence-corrected chi connectivity index (χ1v) is 14.9. The predicted octanol–water partition coefficient (Wildman–Crippen LogP) is 6.06. The molecule has 7 nitrogen and oxygen atoms in total. The largest absolute Gasteiger partial charge is 0.467 e. The van der Waals surface area contributed by atoms with E-state index >= 15 is 0 Å². The average molecular weight is 619 g/mol. The van der Waals surface area contributed by atoms with Crippen LogP contribution in [0, 0.1) is 0 Å². The van der Waals surface area contributed by atoms with Gasteiger partial charge in [-0.05, 0) is 46.0 Å². The van der Waals surface area contributed by atoms with Gasteiger partial charge in [0.1, 0.15) is 11.1 Å². The molecule has 0 saturated heterocycles. The summed E-state index contributed by atoms with van der Waals surface area (Å²) in [5.41, 5.74) is -1.54. The van der Waals surface area contributed by atoms with Crippen molar-refractivity contribution < 1.29 is 31.1 Å². The van der Waals surface area contributed by atoms with Crippen LogP contribution in [0.5, 0.6) is 0 Å². The van der Waals surface area contributed by atoms with Crippen LogP contribution in [0.15, 0.2) is 76.6 Å². The number of methoxy groups -OCH3 is 1. The number of nitrogens with zero attached hydrogens (tertiary/aromatic N) is 2. The molecule has 1 aromatic heterocycles. The van der Waals surface area contributed by atoms with Gasteiger partial charge in [-0.15, -0.1) is 0 Å². The van der Waals surface area contributed by atoms with E-state index in [-0.39, 0.29) is 29.7 Å². The van der Waals surface area contributed by atoms with Gasteiger partial charge in [0, 0.05) is 25.1 Å². The topological polar surface area (TPSA) is 85.7 Å². The second-order valence-corrected chi connectivity index (χ2v) is 12.2. The van der Waals surface area contributed by atoms with Gasteiger partial charge in [0.05, 0.1) is 12.7 Å². The zero-order valence-electron chi connectivity index (χ0n) is 22.6. The van der Waals surface area contributed by atoms with Gasteiger partial charge in [-0.3, -0.25) is 9.36 Å². The molecule has 3 aromatic carbocycles. The lowest BCUT2D eigenvalue weighted by molar-refractivity contribution is -0.145. The second kappa shape index (κ2) is 11.2. The molecule has 12 heteroatoms. The summed E-state index contributed by atoms with van der Waals surface area (Å²) in [5, 5.41) is 0.675. The molecule has 1 aliphatic rings. The number of sulfonamides is 1. The van der Waals surface area contributed by atoms with Crippen LogP contribution >= 0.6 is 11.6 Å². The Kier molecular flexibility index (Phi) is 7.95. The molecular weight excluding hydrogens is 593 g/mol. The van der Waals surface area contributed by atoms with Gasteiger partial charge in [-0.25, -0.2) is 13.2 Å². The number of hydrogen-bond donors (Lipinski definition) is 0. The van der Waals surface area contributed by atoms with Gasteiger partial charge in [0.25, 0.3) is 15.6 Å². The Morgan fingerprint density at radius 2 is 1.76 bits per heavy atom. The predicted molar refractivity (Wildman–Crippen MR) is 153 cm³/mol. The minimum absolute atomic E-state index is 0.00727. The van der Waals surface area contributed by atoms with Crippen LogP contribution in [-0.2, 0) is 32.2 Å². The Bertz CT molecular complexity index is 1870. The third-order valence-corrected chi connectivity index (χ3v) is 9.64. The number of pyridine rings is 1. The maximum absolute atomic E-state index is 14.2. The Balaban J connectivity index is 1.93. The highest BCUT2D eigenvalue weighted by molar-refractivity contribution is 7.89. The molecule has 0 bridgehead atoms. The molecule has 0 N–H and O–H groups in total. The lowest BCUT2D eigenvalue weighted by Gasteiger charge is -2.36. The van der Waals surface area contributed by atoms with Crippen molar-refractivity contribution in [3.05, 3.63) is 98.8 Å². The Labute approximate surface area is 245 Å². The van der Waals surface area contributed by atoms with Gasteiger partial charge in [-0.1, -0.05) is 73.1 Å². The molecule has 5 rings (SSSR count). The fourth-order valence-electron chi connectivity index (χ4n) is 5.45. The summed E-state index contributed by atoms with van der Waals surface area (Å²) >= 11 is 6.70. The molecule has 0 spiro atoms. The van der Waals surface area contributed by atoms with Crippen molar-refractivity contribution in [3.63, 3.8) is 0 Å². The van der Waals surface area contributed by atoms with E-state index in [1.807, 2.05) is 30.3 Å². The number of halogens is 4. The van der Waals surface area contributed by atoms with Crippen LogP contribution in [0.4, 0.5) is 13.2 Å². The Morgan fingerprint density at radius 3 is 2.45 bits per heavy atom. The fraction of sp³-hybridized carbons (Fsp3) is 0.267. The molecule has 0 amide bonds. The second-order valence-electron chi connectivity index (χ2n) is 9.94. The molecule has 0 aliphatic carbocycles. The van der Waals surface area contributed by atoms with E-state index in [9.17, 15) is 31.2 Å². The van der Waals surface area contributed by atoms with Crippen LogP contribution in [-0.4, -0.2) is 43.5 Å². The number of aromatic nitrogens is 1. The van der Waals surface area contributed by atoms with Crippen LogP contribution in [0.2, 0.25) is 5.02 Å². The number of esters is 1. The van der Waals surface area contributed by atoms with E-state index in [0.29, 0.717) is 12.0 Å². The average Bonchev–Trinajstić information content (AvgIpc) is 2.96. The van der Waals surface area contributed by atoms with Crippen LogP contribution in [0.1, 0.15) is 36.1 Å². The molecule has 1 unspecified atom stereocenters. The van der Waals surface area contributed by atoms with Gasteiger partial charge >= 0.3 is 12.1 Å². The Morgan fingerprint density at radius 1 is 1.07 bits per heavy atom. The standard InChI is InChI=1S/C30H26ClF3N2O5S/c1-3-14-35-17-24(29(38)41-2)36-27(37)26(31)23(16-19-10-6-9-18-8-4-5-13-22(18)19)25(28(36)42(35,39)40)20-11-7-12-21(15-20)30(32,33)34/h4-13,15,24H,3,14,16-17H2,1-2H3. The zero-order valence-corrected chi connectivity index (χ0v) is 24.2. The van der Waals surface area contributed by atoms with E-state index < -0.39 is 55.9 Å². The third-order valence-electron chi connectivity index (χ3n) is 7.35. The number of carbonyl (C=O) groups is 1. The van der Waals surface area contributed by atoms with Crippen molar-refractivity contribution in [2.24, 2.45) is 0 Å². The highest BCUT2D eigenvalue weighted by atomic mass is 35.5. The fourth-order valence-corrected chi connectivity index (χ4v) is 7.66. The van der Waals surface area contributed by atoms with Crippen molar-refractivity contribution in [3.8, 4) is 11.1 Å². The molecular formula is C30H26ClF3N2O5S. The minimum Gasteiger partial charge on any atom is -0.467 e. The van der Waals surface area contributed by atoms with Crippen molar-refractivity contribution in [1.29, 1.82) is 0 Å². The maximum atomic E-state index is 14.2. The minimum atomic E-state index is -4.73. The van der Waals surface area contributed by atoms with Crippen LogP contribution in [0.3, 0.4) is 0 Å². The molecule has 1 aliphatic heterocycles. The molecule has 220 valence electrons. The van der Waals surface area contributed by atoms with E-state index in [2.05, 4.69) is 0 Å². The summed E-state index contributed by atoms with van der Waals surface area (Å²) in [4.78, 5) is 26.8. The highest BCUT2D eigenvalue weighted by Gasteiger charge is 2.44. The lowest BCUT2D eigenvalue weighted by Crippen LogP contribution is -2.50. The molecule has 0 saturated carbocycles. The molecule has 42 heavy (non-hydrogen) atoms. The number of alkyl halides is 3. The maximum Gasteiger partial charge on any atom is 0.416 e. The first kappa shape index (κ1) is 29.8. The zero-order chi connectivity index (χ0) is 30.4. The Hall–Kier alpha value is -3.67. The molecule has 4 aromatic rings. The lowest BCUT2D eigenvalue weighted by atomic mass is 9.92. The third kappa shape index (κ3) is 5.10. The first-order valence-electron chi connectivity index (χ1n) is 13.1. The molecule has 0 fully saturated rings. The van der Waals surface area contributed by atoms with E-state index in [4.69, 9.17) is 16.3 Å². The summed E-state index contributed by atoms with van der Waals surface area (Å²) in [7, 11) is -3.39. The van der Waals surface area contributed by atoms with Gasteiger partial charge in [-0.2, -0.15) is 17.5 Å². The molecule has 0 radical (unpaired) electrons. The van der Waals surface area contributed by atoms with Gasteiger partial charge in [0.2, 0.25) is 0 Å². The van der Waals surface area contributed by atoms with Gasteiger partial charge in [0.15, 0.2) is 5.03 Å². The quantitative estimate of drug-likeness (QED) is 0.245. The molecule has 1 atom stereocenters. The summed E-state index contributed by atoms with van der Waals surface area (Å²) in [6.45, 7) is 1.36. The van der Waals surface area contributed by atoms with E-state index in [0.717, 1.165) is 45.0 Å². The highest BCUT2D eigenvalue weighted by Crippen LogP contribution is 2.42. The van der Waals surface area contributed by atoms with E-state index in [1.165, 1.54) is 6.07 Å². The smallest absolute Gasteiger partial charge is 0.416 e. The van der Waals surface area contributed by atoms with Crippen molar-refractivity contribution in [2.45, 2.75) is 37.0 Å². The van der Waals surface area contributed by atoms with Crippen molar-refractivity contribution in [2.75, 3.05) is 20.2 Å². The van der Waals surface area contributed by atoms with Crippen molar-refractivity contribution >= 4 is 38.4 Å².